The zero-order valence-electron chi connectivity index (χ0n) is 26.3. The van der Waals surface area contributed by atoms with Crippen molar-refractivity contribution < 1.29 is 4.42 Å². The van der Waals surface area contributed by atoms with Gasteiger partial charge in [0, 0.05) is 28.0 Å². The highest BCUT2D eigenvalue weighted by molar-refractivity contribution is 6.13. The lowest BCUT2D eigenvalue weighted by Gasteiger charge is -2.26. The van der Waals surface area contributed by atoms with Gasteiger partial charge in [-0.2, -0.15) is 0 Å². The molecule has 0 spiro atoms. The van der Waals surface area contributed by atoms with Crippen molar-refractivity contribution in [3.05, 3.63) is 188 Å². The number of furan rings is 1. The van der Waals surface area contributed by atoms with Crippen LogP contribution in [0.1, 0.15) is 0 Å². The molecule has 0 saturated carbocycles. The van der Waals surface area contributed by atoms with Gasteiger partial charge in [0.25, 0.3) is 0 Å². The number of nitrogens with zero attached hydrogens (tertiary/aromatic N) is 1. The van der Waals surface area contributed by atoms with E-state index in [-0.39, 0.29) is 0 Å². The van der Waals surface area contributed by atoms with Crippen LogP contribution in [0.15, 0.2) is 192 Å². The number of anilines is 3. The number of para-hydroxylation sites is 1. The lowest BCUT2D eigenvalue weighted by molar-refractivity contribution is 0.631. The maximum Gasteiger partial charge on any atom is 0.135 e. The van der Waals surface area contributed by atoms with Crippen LogP contribution in [0.3, 0.4) is 0 Å². The van der Waals surface area contributed by atoms with Gasteiger partial charge in [-0.15, -0.1) is 0 Å². The predicted molar refractivity (Wildman–Crippen MR) is 202 cm³/mol. The SMILES string of the molecule is c1ccc(-c2ccc(N(c3ccc(-c4cc5ccccc5c5ccccc45)cc3)c3cccc(-c4cc5ccccc5o4)c3)cc2)cc1. The van der Waals surface area contributed by atoms with Crippen molar-refractivity contribution in [3.8, 4) is 33.6 Å². The summed E-state index contributed by atoms with van der Waals surface area (Å²) in [5.74, 6) is 0.857. The Hall–Kier alpha value is -6.38. The normalized spacial score (nSPS) is 11.3. The Balaban J connectivity index is 1.16. The molecule has 0 N–H and O–H groups in total. The molecule has 0 aliphatic rings. The van der Waals surface area contributed by atoms with Crippen molar-refractivity contribution in [1.82, 2.24) is 0 Å². The lowest BCUT2D eigenvalue weighted by Crippen LogP contribution is -2.10. The molecule has 226 valence electrons. The van der Waals surface area contributed by atoms with Gasteiger partial charge in [0.1, 0.15) is 11.3 Å². The van der Waals surface area contributed by atoms with Gasteiger partial charge in [-0.3, -0.25) is 0 Å². The van der Waals surface area contributed by atoms with E-state index in [4.69, 9.17) is 4.42 Å². The lowest BCUT2D eigenvalue weighted by atomic mass is 9.93. The minimum Gasteiger partial charge on any atom is -0.456 e. The fraction of sp³-hybridized carbons (Fsp3) is 0. The van der Waals surface area contributed by atoms with Gasteiger partial charge < -0.3 is 9.32 Å². The summed E-state index contributed by atoms with van der Waals surface area (Å²) in [6, 6.07) is 66.9. The summed E-state index contributed by atoms with van der Waals surface area (Å²) >= 11 is 0. The molecule has 0 radical (unpaired) electrons. The molecule has 0 unspecified atom stereocenters. The summed E-state index contributed by atoms with van der Waals surface area (Å²) in [6.45, 7) is 0. The van der Waals surface area contributed by atoms with E-state index in [1.165, 1.54) is 43.8 Å². The minimum atomic E-state index is 0.857. The Bertz CT molecular complexity index is 2510. The molecule has 1 heterocycles. The van der Waals surface area contributed by atoms with Crippen LogP contribution >= 0.6 is 0 Å². The molecule has 1 aromatic heterocycles. The predicted octanol–water partition coefficient (Wildman–Crippen LogP) is 13.2. The molecule has 8 aromatic carbocycles. The smallest absolute Gasteiger partial charge is 0.135 e. The third kappa shape index (κ3) is 5.01. The van der Waals surface area contributed by atoms with Crippen molar-refractivity contribution in [2.45, 2.75) is 0 Å². The fourth-order valence-corrected chi connectivity index (χ4v) is 6.89. The Morgan fingerprint density at radius 1 is 0.333 bits per heavy atom. The largest absolute Gasteiger partial charge is 0.456 e. The van der Waals surface area contributed by atoms with Gasteiger partial charge in [-0.05, 0) is 98.4 Å². The molecular formula is C46H31NO. The number of hydrogen-bond acceptors (Lipinski definition) is 2. The first-order chi connectivity index (χ1) is 23.8. The maximum atomic E-state index is 6.28. The molecule has 0 aliphatic carbocycles. The van der Waals surface area contributed by atoms with E-state index < -0.39 is 0 Å². The maximum absolute atomic E-state index is 6.28. The van der Waals surface area contributed by atoms with E-state index in [0.29, 0.717) is 0 Å². The van der Waals surface area contributed by atoms with Crippen LogP contribution in [-0.4, -0.2) is 0 Å². The number of benzene rings is 8. The van der Waals surface area contributed by atoms with E-state index in [9.17, 15) is 0 Å². The molecule has 9 rings (SSSR count). The average molecular weight is 614 g/mol. The molecule has 0 amide bonds. The summed E-state index contributed by atoms with van der Waals surface area (Å²) < 4.78 is 6.28. The van der Waals surface area contributed by atoms with Crippen molar-refractivity contribution in [1.29, 1.82) is 0 Å². The second-order valence-corrected chi connectivity index (χ2v) is 12.2. The Morgan fingerprint density at radius 2 is 0.917 bits per heavy atom. The van der Waals surface area contributed by atoms with Crippen molar-refractivity contribution in [2.75, 3.05) is 4.90 Å². The monoisotopic (exact) mass is 613 g/mol. The van der Waals surface area contributed by atoms with E-state index in [1.54, 1.807) is 0 Å². The van der Waals surface area contributed by atoms with Crippen LogP contribution in [0.25, 0.3) is 66.1 Å². The van der Waals surface area contributed by atoms with Crippen LogP contribution in [0.5, 0.6) is 0 Å². The Kier molecular flexibility index (Phi) is 6.84. The van der Waals surface area contributed by atoms with E-state index in [1.807, 2.05) is 18.2 Å². The van der Waals surface area contributed by atoms with Gasteiger partial charge in [0.2, 0.25) is 0 Å². The summed E-state index contributed by atoms with van der Waals surface area (Å²) in [5, 5.41) is 6.16. The molecule has 0 atom stereocenters. The highest BCUT2D eigenvalue weighted by atomic mass is 16.3. The number of fused-ring (bicyclic) bond motifs is 4. The zero-order valence-corrected chi connectivity index (χ0v) is 26.3. The first kappa shape index (κ1) is 27.9. The average Bonchev–Trinajstić information content (AvgIpc) is 3.61. The minimum absolute atomic E-state index is 0.857. The first-order valence-electron chi connectivity index (χ1n) is 16.3. The van der Waals surface area contributed by atoms with Crippen LogP contribution in [-0.2, 0) is 0 Å². The van der Waals surface area contributed by atoms with E-state index in [0.717, 1.165) is 39.4 Å². The Morgan fingerprint density at radius 3 is 1.67 bits per heavy atom. The van der Waals surface area contributed by atoms with Gasteiger partial charge in [-0.25, -0.2) is 0 Å². The number of rotatable bonds is 6. The molecule has 9 aromatic rings. The van der Waals surface area contributed by atoms with Crippen molar-refractivity contribution >= 4 is 49.6 Å². The topological polar surface area (TPSA) is 16.4 Å². The quantitative estimate of drug-likeness (QED) is 0.174. The van der Waals surface area contributed by atoms with Gasteiger partial charge >= 0.3 is 0 Å². The Labute approximate surface area is 279 Å². The standard InChI is InChI=1S/C46H31NO/c1-2-11-32(12-3-1)33-21-25-38(26-22-33)47(40-16-10-15-36(29-40)46-31-37-14-5-9-20-45(37)48-46)39-27-23-34(24-28-39)44-30-35-13-4-6-17-41(35)42-18-7-8-19-43(42)44/h1-31H. The first-order valence-corrected chi connectivity index (χ1v) is 16.3. The van der Waals surface area contributed by atoms with Crippen molar-refractivity contribution in [3.63, 3.8) is 0 Å². The van der Waals surface area contributed by atoms with Gasteiger partial charge in [0.15, 0.2) is 0 Å². The van der Waals surface area contributed by atoms with Crippen LogP contribution in [0.2, 0.25) is 0 Å². The second-order valence-electron chi connectivity index (χ2n) is 12.2. The van der Waals surface area contributed by atoms with Crippen molar-refractivity contribution in [2.24, 2.45) is 0 Å². The number of hydrogen-bond donors (Lipinski definition) is 0. The second kappa shape index (κ2) is 11.8. The highest BCUT2D eigenvalue weighted by Gasteiger charge is 2.16. The molecule has 2 heteroatoms. The van der Waals surface area contributed by atoms with Gasteiger partial charge in [-0.1, -0.05) is 133 Å². The summed E-state index contributed by atoms with van der Waals surface area (Å²) in [7, 11) is 0. The molecular weight excluding hydrogens is 583 g/mol. The molecule has 0 fully saturated rings. The molecule has 0 saturated heterocycles. The molecule has 48 heavy (non-hydrogen) atoms. The molecule has 2 nitrogen and oxygen atoms in total. The molecule has 0 bridgehead atoms. The zero-order chi connectivity index (χ0) is 31.9. The molecule has 0 aliphatic heterocycles. The third-order valence-electron chi connectivity index (χ3n) is 9.25. The van der Waals surface area contributed by atoms with Crippen LogP contribution in [0.4, 0.5) is 17.1 Å². The van der Waals surface area contributed by atoms with Crippen LogP contribution in [0, 0.1) is 0 Å². The van der Waals surface area contributed by atoms with E-state index in [2.05, 4.69) is 175 Å². The highest BCUT2D eigenvalue weighted by Crippen LogP contribution is 2.40. The van der Waals surface area contributed by atoms with Crippen LogP contribution < -0.4 is 4.90 Å². The third-order valence-corrected chi connectivity index (χ3v) is 9.25. The van der Waals surface area contributed by atoms with E-state index >= 15 is 0 Å². The summed E-state index contributed by atoms with van der Waals surface area (Å²) in [4.78, 5) is 2.32. The summed E-state index contributed by atoms with van der Waals surface area (Å²) in [5.41, 5.74) is 9.97. The summed E-state index contributed by atoms with van der Waals surface area (Å²) in [6.07, 6.45) is 0. The van der Waals surface area contributed by atoms with Gasteiger partial charge in [0.05, 0.1) is 0 Å². The fourth-order valence-electron chi connectivity index (χ4n) is 6.89.